The van der Waals surface area contributed by atoms with Crippen molar-refractivity contribution in [2.45, 2.75) is 39.7 Å². The third-order valence-electron chi connectivity index (χ3n) is 4.18. The average molecular weight is 260 g/mol. The molecule has 2 N–H and O–H groups in total. The monoisotopic (exact) mass is 260 g/mol. The van der Waals surface area contributed by atoms with E-state index in [1.165, 1.54) is 5.56 Å². The lowest BCUT2D eigenvalue weighted by molar-refractivity contribution is -0.132. The molecule has 3 heteroatoms. The zero-order valence-electron chi connectivity index (χ0n) is 12.1. The Hall–Kier alpha value is -1.35. The molecule has 1 fully saturated rings. The van der Waals surface area contributed by atoms with Crippen molar-refractivity contribution in [2.75, 3.05) is 13.1 Å². The topological polar surface area (TPSA) is 41.1 Å². The smallest absolute Gasteiger partial charge is 0.226 e. The minimum absolute atomic E-state index is 0.0693. The van der Waals surface area contributed by atoms with E-state index in [9.17, 15) is 4.79 Å². The van der Waals surface area contributed by atoms with Gasteiger partial charge in [-0.2, -0.15) is 0 Å². The minimum atomic E-state index is -0.218. The first-order valence-electron chi connectivity index (χ1n) is 7.09. The Morgan fingerprint density at radius 1 is 1.26 bits per heavy atom. The van der Waals surface area contributed by atoms with Crippen molar-refractivity contribution in [1.29, 1.82) is 0 Å². The SMILES string of the molecule is Cc1ccc(C(C)NC(=O)C2(C)CCNCC2)cc1. The molecule has 1 aromatic rings. The van der Waals surface area contributed by atoms with E-state index in [-0.39, 0.29) is 17.4 Å². The number of piperidine rings is 1. The molecular formula is C16H24N2O. The van der Waals surface area contributed by atoms with Crippen LogP contribution in [0.25, 0.3) is 0 Å². The van der Waals surface area contributed by atoms with Gasteiger partial charge in [0, 0.05) is 5.41 Å². The van der Waals surface area contributed by atoms with E-state index < -0.39 is 0 Å². The molecule has 104 valence electrons. The van der Waals surface area contributed by atoms with Crippen LogP contribution >= 0.6 is 0 Å². The molecule has 1 saturated heterocycles. The van der Waals surface area contributed by atoms with E-state index in [0.29, 0.717) is 0 Å². The number of carbonyl (C=O) groups excluding carboxylic acids is 1. The molecule has 1 heterocycles. The van der Waals surface area contributed by atoms with Crippen LogP contribution in [-0.2, 0) is 4.79 Å². The maximum absolute atomic E-state index is 12.4. The number of hydrogen-bond acceptors (Lipinski definition) is 2. The summed E-state index contributed by atoms with van der Waals surface area (Å²) in [6.07, 6.45) is 1.83. The third-order valence-corrected chi connectivity index (χ3v) is 4.18. The van der Waals surface area contributed by atoms with Gasteiger partial charge in [0.1, 0.15) is 0 Å². The average Bonchev–Trinajstić information content (AvgIpc) is 2.40. The van der Waals surface area contributed by atoms with E-state index in [4.69, 9.17) is 0 Å². The Morgan fingerprint density at radius 3 is 2.42 bits per heavy atom. The minimum Gasteiger partial charge on any atom is -0.349 e. The lowest BCUT2D eigenvalue weighted by Gasteiger charge is -2.33. The molecule has 1 amide bonds. The molecule has 1 aromatic carbocycles. The van der Waals surface area contributed by atoms with E-state index in [0.717, 1.165) is 31.5 Å². The molecule has 0 saturated carbocycles. The van der Waals surface area contributed by atoms with Gasteiger partial charge in [0.05, 0.1) is 6.04 Å². The first-order valence-corrected chi connectivity index (χ1v) is 7.09. The fourth-order valence-corrected chi connectivity index (χ4v) is 2.51. The van der Waals surface area contributed by atoms with Crippen LogP contribution in [0.15, 0.2) is 24.3 Å². The molecule has 0 bridgehead atoms. The van der Waals surface area contributed by atoms with Crippen LogP contribution in [0.1, 0.15) is 43.9 Å². The van der Waals surface area contributed by atoms with E-state index >= 15 is 0 Å². The van der Waals surface area contributed by atoms with Crippen LogP contribution < -0.4 is 10.6 Å². The van der Waals surface area contributed by atoms with Crippen LogP contribution in [0, 0.1) is 12.3 Å². The number of rotatable bonds is 3. The van der Waals surface area contributed by atoms with Crippen molar-refractivity contribution in [3.8, 4) is 0 Å². The summed E-state index contributed by atoms with van der Waals surface area (Å²) in [5, 5.41) is 6.47. The number of amides is 1. The van der Waals surface area contributed by atoms with Gasteiger partial charge in [-0.15, -0.1) is 0 Å². The molecule has 1 aliphatic rings. The van der Waals surface area contributed by atoms with E-state index in [2.05, 4.69) is 48.7 Å². The molecule has 0 aliphatic carbocycles. The van der Waals surface area contributed by atoms with Gasteiger partial charge in [0.15, 0.2) is 0 Å². The van der Waals surface area contributed by atoms with Gasteiger partial charge in [-0.3, -0.25) is 4.79 Å². The molecule has 19 heavy (non-hydrogen) atoms. The van der Waals surface area contributed by atoms with Crippen molar-refractivity contribution < 1.29 is 4.79 Å². The number of aryl methyl sites for hydroxylation is 1. The molecule has 1 unspecified atom stereocenters. The zero-order valence-corrected chi connectivity index (χ0v) is 12.1. The summed E-state index contributed by atoms with van der Waals surface area (Å²) >= 11 is 0. The predicted molar refractivity (Wildman–Crippen MR) is 77.9 cm³/mol. The second-order valence-corrected chi connectivity index (χ2v) is 5.92. The van der Waals surface area contributed by atoms with Gasteiger partial charge >= 0.3 is 0 Å². The predicted octanol–water partition coefficient (Wildman–Crippen LogP) is 2.56. The molecule has 0 radical (unpaired) electrons. The normalized spacial score (nSPS) is 19.7. The van der Waals surface area contributed by atoms with Crippen molar-refractivity contribution in [2.24, 2.45) is 5.41 Å². The lowest BCUT2D eigenvalue weighted by atomic mass is 9.80. The fourth-order valence-electron chi connectivity index (χ4n) is 2.51. The summed E-state index contributed by atoms with van der Waals surface area (Å²) < 4.78 is 0. The summed E-state index contributed by atoms with van der Waals surface area (Å²) in [5.41, 5.74) is 2.19. The van der Waals surface area contributed by atoms with Gasteiger partial charge in [-0.1, -0.05) is 36.8 Å². The summed E-state index contributed by atoms with van der Waals surface area (Å²) in [5.74, 6) is 0.182. The first-order chi connectivity index (χ1) is 9.01. The Bertz CT molecular complexity index is 433. The fraction of sp³-hybridized carbons (Fsp3) is 0.562. The molecule has 0 spiro atoms. The second-order valence-electron chi connectivity index (χ2n) is 5.92. The van der Waals surface area contributed by atoms with Crippen molar-refractivity contribution in [1.82, 2.24) is 10.6 Å². The van der Waals surface area contributed by atoms with Gasteiger partial charge in [-0.05, 0) is 45.3 Å². The van der Waals surface area contributed by atoms with Crippen LogP contribution in [0.3, 0.4) is 0 Å². The number of carbonyl (C=O) groups is 1. The molecule has 0 aromatic heterocycles. The summed E-state index contributed by atoms with van der Waals surface area (Å²) in [4.78, 5) is 12.4. The summed E-state index contributed by atoms with van der Waals surface area (Å²) in [6, 6.07) is 8.42. The quantitative estimate of drug-likeness (QED) is 0.877. The highest BCUT2D eigenvalue weighted by Crippen LogP contribution is 2.29. The molecular weight excluding hydrogens is 236 g/mol. The molecule has 3 nitrogen and oxygen atoms in total. The zero-order chi connectivity index (χ0) is 13.9. The summed E-state index contributed by atoms with van der Waals surface area (Å²) in [7, 11) is 0. The van der Waals surface area contributed by atoms with E-state index in [1.54, 1.807) is 0 Å². The number of nitrogens with one attached hydrogen (secondary N) is 2. The summed E-state index contributed by atoms with van der Waals surface area (Å²) in [6.45, 7) is 8.06. The van der Waals surface area contributed by atoms with Crippen LogP contribution in [-0.4, -0.2) is 19.0 Å². The van der Waals surface area contributed by atoms with Crippen LogP contribution in [0.2, 0.25) is 0 Å². The van der Waals surface area contributed by atoms with Crippen molar-refractivity contribution in [3.05, 3.63) is 35.4 Å². The largest absolute Gasteiger partial charge is 0.349 e. The lowest BCUT2D eigenvalue weighted by Crippen LogP contribution is -2.46. The highest BCUT2D eigenvalue weighted by atomic mass is 16.2. The Balaban J connectivity index is 2.00. The van der Waals surface area contributed by atoms with Crippen LogP contribution in [0.5, 0.6) is 0 Å². The van der Waals surface area contributed by atoms with Crippen LogP contribution in [0.4, 0.5) is 0 Å². The second kappa shape index (κ2) is 5.74. The van der Waals surface area contributed by atoms with Gasteiger partial charge in [0.25, 0.3) is 0 Å². The first kappa shape index (κ1) is 14.1. The molecule has 2 rings (SSSR count). The van der Waals surface area contributed by atoms with Gasteiger partial charge in [0.2, 0.25) is 5.91 Å². The third kappa shape index (κ3) is 3.35. The molecule has 1 aliphatic heterocycles. The van der Waals surface area contributed by atoms with Crippen molar-refractivity contribution >= 4 is 5.91 Å². The maximum atomic E-state index is 12.4. The highest BCUT2D eigenvalue weighted by molar-refractivity contribution is 5.82. The Morgan fingerprint density at radius 2 is 1.84 bits per heavy atom. The highest BCUT2D eigenvalue weighted by Gasteiger charge is 2.35. The maximum Gasteiger partial charge on any atom is 0.226 e. The number of benzene rings is 1. The van der Waals surface area contributed by atoms with Crippen molar-refractivity contribution in [3.63, 3.8) is 0 Å². The Labute approximate surface area is 115 Å². The molecule has 1 atom stereocenters. The van der Waals surface area contributed by atoms with E-state index in [1.807, 2.05) is 6.92 Å². The van der Waals surface area contributed by atoms with Gasteiger partial charge in [-0.25, -0.2) is 0 Å². The Kier molecular flexibility index (Phi) is 4.25. The standard InChI is InChI=1S/C16H24N2O/c1-12-4-6-14(7-5-12)13(2)18-15(19)16(3)8-10-17-11-9-16/h4-7,13,17H,8-11H2,1-3H3,(H,18,19). The van der Waals surface area contributed by atoms with Gasteiger partial charge < -0.3 is 10.6 Å². The number of hydrogen-bond donors (Lipinski definition) is 2.